The number of hydrogen-bond acceptors (Lipinski definition) is 4. The molecule has 3 aromatic rings. The summed E-state index contributed by atoms with van der Waals surface area (Å²) in [4.78, 5) is 4.75. The Morgan fingerprint density at radius 2 is 1.46 bits per heavy atom. The minimum atomic E-state index is 0.0480. The van der Waals surface area contributed by atoms with Crippen molar-refractivity contribution in [3.63, 3.8) is 0 Å². The lowest BCUT2D eigenvalue weighted by atomic mass is 9.95. The van der Waals surface area contributed by atoms with Gasteiger partial charge in [-0.15, -0.1) is 10.2 Å². The number of benzene rings is 2. The van der Waals surface area contributed by atoms with E-state index in [0.29, 0.717) is 0 Å². The van der Waals surface area contributed by atoms with Crippen molar-refractivity contribution in [2.45, 2.75) is 18.3 Å². The molecule has 0 unspecified atom stereocenters. The van der Waals surface area contributed by atoms with Gasteiger partial charge in [0, 0.05) is 43.9 Å². The van der Waals surface area contributed by atoms with Crippen molar-refractivity contribution in [3.8, 4) is 0 Å². The fourth-order valence-electron chi connectivity index (χ4n) is 4.35. The zero-order chi connectivity index (χ0) is 19.1. The van der Waals surface area contributed by atoms with Crippen molar-refractivity contribution < 1.29 is 0 Å². The number of rotatable bonds is 4. The molecule has 144 valence electrons. The zero-order valence-electron chi connectivity index (χ0n) is 16.1. The molecule has 1 aliphatic heterocycles. The molecule has 28 heavy (non-hydrogen) atoms. The lowest BCUT2D eigenvalue weighted by Gasteiger charge is -2.36. The molecule has 5 nitrogen and oxygen atoms in total. The molecule has 1 saturated carbocycles. The van der Waals surface area contributed by atoms with Gasteiger partial charge in [-0.25, -0.2) is 0 Å². The number of halogens is 1. The summed E-state index contributed by atoms with van der Waals surface area (Å²) in [6.45, 7) is 3.81. The van der Waals surface area contributed by atoms with Crippen LogP contribution in [0.5, 0.6) is 0 Å². The number of hydrogen-bond donors (Lipinski definition) is 0. The van der Waals surface area contributed by atoms with E-state index < -0.39 is 0 Å². The van der Waals surface area contributed by atoms with Crippen LogP contribution in [-0.4, -0.2) is 40.9 Å². The van der Waals surface area contributed by atoms with Crippen LogP contribution < -0.4 is 9.80 Å². The molecule has 0 spiro atoms. The van der Waals surface area contributed by atoms with Crippen molar-refractivity contribution in [1.82, 2.24) is 14.8 Å². The monoisotopic (exact) mass is 393 g/mol. The van der Waals surface area contributed by atoms with Gasteiger partial charge in [-0.2, -0.15) is 0 Å². The van der Waals surface area contributed by atoms with Crippen LogP contribution in [0.2, 0.25) is 5.02 Å². The van der Waals surface area contributed by atoms with Crippen LogP contribution >= 0.6 is 11.6 Å². The maximum atomic E-state index is 6.01. The maximum absolute atomic E-state index is 6.01. The summed E-state index contributed by atoms with van der Waals surface area (Å²) in [7, 11) is 2.11. The van der Waals surface area contributed by atoms with Gasteiger partial charge in [-0.3, -0.25) is 4.57 Å². The summed E-state index contributed by atoms with van der Waals surface area (Å²) in [6.07, 6.45) is 2.29. The van der Waals surface area contributed by atoms with Gasteiger partial charge < -0.3 is 9.80 Å². The minimum absolute atomic E-state index is 0.0480. The maximum Gasteiger partial charge on any atom is 0.227 e. The molecule has 1 aromatic heterocycles. The number of nitrogens with zero attached hydrogens (tertiary/aromatic N) is 5. The van der Waals surface area contributed by atoms with Gasteiger partial charge in [0.1, 0.15) is 5.82 Å². The van der Waals surface area contributed by atoms with Gasteiger partial charge >= 0.3 is 0 Å². The summed E-state index contributed by atoms with van der Waals surface area (Å²) in [5, 5.41) is 9.99. The summed E-state index contributed by atoms with van der Waals surface area (Å²) in [6, 6.07) is 18.8. The van der Waals surface area contributed by atoms with Gasteiger partial charge in [0.2, 0.25) is 5.95 Å². The number of aromatic nitrogens is 3. The van der Waals surface area contributed by atoms with Gasteiger partial charge in [0.25, 0.3) is 0 Å². The second kappa shape index (κ2) is 6.82. The molecule has 0 atom stereocenters. The summed E-state index contributed by atoms with van der Waals surface area (Å²) in [5.74, 6) is 2.07. The van der Waals surface area contributed by atoms with Crippen LogP contribution in [0.4, 0.5) is 11.6 Å². The first-order chi connectivity index (χ1) is 13.7. The van der Waals surface area contributed by atoms with Crippen LogP contribution in [0, 0.1) is 0 Å². The second-order valence-corrected chi connectivity index (χ2v) is 8.22. The Kier molecular flexibility index (Phi) is 4.27. The van der Waals surface area contributed by atoms with Crippen molar-refractivity contribution >= 4 is 23.2 Å². The third-order valence-electron chi connectivity index (χ3n) is 6.11. The molecule has 1 aliphatic carbocycles. The normalized spacial score (nSPS) is 18.4. The molecule has 2 fully saturated rings. The van der Waals surface area contributed by atoms with E-state index >= 15 is 0 Å². The standard InChI is InChI=1S/C22H24ClN5/c1-26-20(22(11-12-22)17-5-3-2-4-6-17)24-25-21(26)28-15-13-27(14-16-28)19-9-7-18(23)8-10-19/h2-10H,11-16H2,1H3. The third-order valence-corrected chi connectivity index (χ3v) is 6.36. The molecule has 0 N–H and O–H groups in total. The third kappa shape index (κ3) is 2.94. The van der Waals surface area contributed by atoms with Gasteiger partial charge in [-0.05, 0) is 42.7 Å². The smallest absolute Gasteiger partial charge is 0.227 e. The Morgan fingerprint density at radius 3 is 2.11 bits per heavy atom. The lowest BCUT2D eigenvalue weighted by Crippen LogP contribution is -2.47. The summed E-state index contributed by atoms with van der Waals surface area (Å²) < 4.78 is 2.21. The first-order valence-electron chi connectivity index (χ1n) is 9.88. The topological polar surface area (TPSA) is 37.2 Å². The molecule has 2 heterocycles. The van der Waals surface area contributed by atoms with Crippen LogP contribution in [-0.2, 0) is 12.5 Å². The summed E-state index contributed by atoms with van der Waals surface area (Å²) >= 11 is 6.01. The molecule has 2 aliphatic rings. The van der Waals surface area contributed by atoms with E-state index in [-0.39, 0.29) is 5.41 Å². The van der Waals surface area contributed by atoms with E-state index in [1.165, 1.54) is 11.3 Å². The SMILES string of the molecule is Cn1c(N2CCN(c3ccc(Cl)cc3)CC2)nnc1C1(c2ccccc2)CC1. The van der Waals surface area contributed by atoms with Gasteiger partial charge in [0.05, 0.1) is 5.41 Å². The summed E-state index contributed by atoms with van der Waals surface area (Å²) in [5.41, 5.74) is 2.63. The highest BCUT2D eigenvalue weighted by Crippen LogP contribution is 2.52. The Balaban J connectivity index is 1.33. The fourth-order valence-corrected chi connectivity index (χ4v) is 4.48. The quantitative estimate of drug-likeness (QED) is 0.674. The Labute approximate surface area is 170 Å². The van der Waals surface area contributed by atoms with Crippen LogP contribution in [0.1, 0.15) is 24.2 Å². The zero-order valence-corrected chi connectivity index (χ0v) is 16.8. The number of piperazine rings is 1. The van der Waals surface area contributed by atoms with E-state index in [4.69, 9.17) is 11.6 Å². The van der Waals surface area contributed by atoms with E-state index in [9.17, 15) is 0 Å². The Bertz CT molecular complexity index is 954. The molecule has 2 aromatic carbocycles. The highest BCUT2D eigenvalue weighted by atomic mass is 35.5. The molecule has 1 saturated heterocycles. The van der Waals surface area contributed by atoms with Gasteiger partial charge in [0.15, 0.2) is 0 Å². The first-order valence-corrected chi connectivity index (χ1v) is 10.3. The predicted molar refractivity (Wildman–Crippen MR) is 113 cm³/mol. The van der Waals surface area contributed by atoms with Gasteiger partial charge in [-0.1, -0.05) is 41.9 Å². The predicted octanol–water partition coefficient (Wildman–Crippen LogP) is 3.88. The van der Waals surface area contributed by atoms with Crippen molar-refractivity contribution in [2.24, 2.45) is 7.05 Å². The van der Waals surface area contributed by atoms with Crippen LogP contribution in [0.3, 0.4) is 0 Å². The molecule has 0 bridgehead atoms. The molecular weight excluding hydrogens is 370 g/mol. The largest absolute Gasteiger partial charge is 0.368 e. The number of anilines is 2. The highest BCUT2D eigenvalue weighted by molar-refractivity contribution is 6.30. The molecular formula is C22H24ClN5. The molecule has 6 heteroatoms. The second-order valence-electron chi connectivity index (χ2n) is 7.78. The average Bonchev–Trinajstić information content (AvgIpc) is 3.46. The van der Waals surface area contributed by atoms with Crippen molar-refractivity contribution in [2.75, 3.05) is 36.0 Å². The van der Waals surface area contributed by atoms with Crippen LogP contribution in [0.25, 0.3) is 0 Å². The first kappa shape index (κ1) is 17.6. The lowest BCUT2D eigenvalue weighted by molar-refractivity contribution is 0.621. The average molecular weight is 394 g/mol. The van der Waals surface area contributed by atoms with Crippen molar-refractivity contribution in [3.05, 3.63) is 71.0 Å². The van der Waals surface area contributed by atoms with E-state index in [1.807, 2.05) is 12.1 Å². The van der Waals surface area contributed by atoms with E-state index in [0.717, 1.165) is 55.8 Å². The Morgan fingerprint density at radius 1 is 0.821 bits per heavy atom. The minimum Gasteiger partial charge on any atom is -0.368 e. The molecule has 5 rings (SSSR count). The Hall–Kier alpha value is -2.53. The molecule has 0 radical (unpaired) electrons. The van der Waals surface area contributed by atoms with Crippen molar-refractivity contribution in [1.29, 1.82) is 0 Å². The fraction of sp³-hybridized carbons (Fsp3) is 0.364. The van der Waals surface area contributed by atoms with E-state index in [2.05, 4.69) is 74.1 Å². The highest BCUT2D eigenvalue weighted by Gasteiger charge is 2.50. The molecule has 0 amide bonds. The van der Waals surface area contributed by atoms with Crippen LogP contribution in [0.15, 0.2) is 54.6 Å². The van der Waals surface area contributed by atoms with E-state index in [1.54, 1.807) is 0 Å².